The van der Waals surface area contributed by atoms with Gasteiger partial charge in [-0.25, -0.2) is 14.3 Å². The van der Waals surface area contributed by atoms with Gasteiger partial charge in [0.1, 0.15) is 6.33 Å². The fourth-order valence-corrected chi connectivity index (χ4v) is 2.70. The Hall–Kier alpha value is -3.81. The van der Waals surface area contributed by atoms with Crippen molar-refractivity contribution in [3.8, 4) is 11.1 Å². The molecule has 0 bridgehead atoms. The molecule has 0 radical (unpaired) electrons. The number of rotatable bonds is 7. The lowest BCUT2D eigenvalue weighted by Crippen LogP contribution is -2.27. The van der Waals surface area contributed by atoms with Gasteiger partial charge in [-0.3, -0.25) is 9.25 Å². The van der Waals surface area contributed by atoms with E-state index in [1.54, 1.807) is 6.20 Å². The molecule has 1 aromatic carbocycles. The molecule has 0 aliphatic rings. The van der Waals surface area contributed by atoms with Crippen molar-refractivity contribution < 1.29 is 31.9 Å². The molecule has 14 heteroatoms. The normalized spacial score (nSPS) is 11.0. The third kappa shape index (κ3) is 7.10. The topological polar surface area (TPSA) is 121 Å². The van der Waals surface area contributed by atoms with Crippen molar-refractivity contribution in [3.05, 3.63) is 70.7 Å². The minimum atomic E-state index is -5.08. The van der Waals surface area contributed by atoms with E-state index in [1.807, 2.05) is 42.1 Å². The van der Waals surface area contributed by atoms with Crippen LogP contribution in [-0.4, -0.2) is 47.9 Å². The van der Waals surface area contributed by atoms with Crippen molar-refractivity contribution in [1.82, 2.24) is 24.1 Å². The smallest absolute Gasteiger partial charge is 0.475 e. The van der Waals surface area contributed by atoms with E-state index in [-0.39, 0.29) is 25.2 Å². The number of benzene rings is 1. The van der Waals surface area contributed by atoms with E-state index in [4.69, 9.17) is 15.6 Å². The molecule has 0 aliphatic carbocycles. The van der Waals surface area contributed by atoms with E-state index < -0.39 is 23.9 Å². The summed E-state index contributed by atoms with van der Waals surface area (Å²) in [5.74, 6) is -2.76. The van der Waals surface area contributed by atoms with E-state index in [0.29, 0.717) is 0 Å². The van der Waals surface area contributed by atoms with Crippen LogP contribution in [0.15, 0.2) is 59.4 Å². The number of carboxylic acid groups (broad SMARTS) is 1. The van der Waals surface area contributed by atoms with Gasteiger partial charge < -0.3 is 10.8 Å². The van der Waals surface area contributed by atoms with Gasteiger partial charge in [0.2, 0.25) is 0 Å². The van der Waals surface area contributed by atoms with E-state index in [1.165, 1.54) is 10.9 Å². The van der Waals surface area contributed by atoms with Crippen molar-refractivity contribution in [2.75, 3.05) is 6.54 Å². The Morgan fingerprint density at radius 1 is 1.18 bits per heavy atom. The van der Waals surface area contributed by atoms with Gasteiger partial charge in [-0.2, -0.15) is 32.1 Å². The molecule has 3 N–H and O–H groups in total. The van der Waals surface area contributed by atoms with Gasteiger partial charge in [-0.05, 0) is 24.1 Å². The molecule has 3 aromatic rings. The van der Waals surface area contributed by atoms with Crippen LogP contribution in [0.3, 0.4) is 0 Å². The van der Waals surface area contributed by atoms with Gasteiger partial charge >= 0.3 is 17.8 Å². The van der Waals surface area contributed by atoms with Crippen molar-refractivity contribution in [2.24, 2.45) is 5.73 Å². The van der Waals surface area contributed by atoms with Crippen molar-refractivity contribution in [2.45, 2.75) is 32.7 Å². The highest BCUT2D eigenvalue weighted by Crippen LogP contribution is 2.20. The van der Waals surface area contributed by atoms with Gasteiger partial charge in [0.15, 0.2) is 0 Å². The molecule has 0 spiro atoms. The maximum atomic E-state index is 12.7. The average molecular weight is 488 g/mol. The van der Waals surface area contributed by atoms with Crippen LogP contribution in [0.25, 0.3) is 11.1 Å². The summed E-state index contributed by atoms with van der Waals surface area (Å²) in [4.78, 5) is 21.3. The second-order valence-corrected chi connectivity index (χ2v) is 6.86. The quantitative estimate of drug-likeness (QED) is 0.494. The zero-order valence-electron chi connectivity index (χ0n) is 17.8. The summed E-state index contributed by atoms with van der Waals surface area (Å²) < 4.78 is 61.4. The molecule has 0 amide bonds. The number of nitrogens with zero attached hydrogens (tertiary/aromatic N) is 5. The molecule has 0 atom stereocenters. The van der Waals surface area contributed by atoms with E-state index in [2.05, 4.69) is 10.2 Å². The standard InChI is InChI=1S/C18H20F2N6O.C2HF3O2/c1-2-25-10-16(8-22-25)14-5-3-4-13(6-14)9-24-12-23-26(18(24)27)11-15(7-21)17(19)20;3-2(4,5)1(6)7/h3-6,8,10,12H,2,7,9,11,21H2,1H3;(H,6,7). The molecule has 2 aromatic heterocycles. The Labute approximate surface area is 189 Å². The fraction of sp³-hybridized carbons (Fsp3) is 0.300. The van der Waals surface area contributed by atoms with Crippen LogP contribution in [0, 0.1) is 0 Å². The summed E-state index contributed by atoms with van der Waals surface area (Å²) in [6.07, 6.45) is -1.87. The predicted octanol–water partition coefficient (Wildman–Crippen LogP) is 2.72. The zero-order valence-corrected chi connectivity index (χ0v) is 17.8. The third-order valence-corrected chi connectivity index (χ3v) is 4.46. The zero-order chi connectivity index (χ0) is 25.5. The summed E-state index contributed by atoms with van der Waals surface area (Å²) in [6, 6.07) is 7.73. The summed E-state index contributed by atoms with van der Waals surface area (Å²) in [5.41, 5.74) is 7.38. The number of hydrogen-bond acceptors (Lipinski definition) is 5. The molecule has 3 rings (SSSR count). The SMILES string of the molecule is CCn1cc(-c2cccc(Cn3cnn(CC(CN)=C(F)F)c3=O)c2)cn1.O=C(O)C(F)(F)F. The highest BCUT2D eigenvalue weighted by atomic mass is 19.4. The van der Waals surface area contributed by atoms with Gasteiger partial charge in [-0.15, -0.1) is 0 Å². The van der Waals surface area contributed by atoms with Crippen molar-refractivity contribution in [3.63, 3.8) is 0 Å². The number of aliphatic carboxylic acids is 1. The lowest BCUT2D eigenvalue weighted by molar-refractivity contribution is -0.192. The van der Waals surface area contributed by atoms with Crippen LogP contribution in [0.1, 0.15) is 12.5 Å². The monoisotopic (exact) mass is 488 g/mol. The lowest BCUT2D eigenvalue weighted by atomic mass is 10.1. The van der Waals surface area contributed by atoms with E-state index in [9.17, 15) is 26.7 Å². The van der Waals surface area contributed by atoms with Crippen molar-refractivity contribution >= 4 is 5.97 Å². The number of nitrogens with two attached hydrogens (primary N) is 1. The molecule has 0 fully saturated rings. The Balaban J connectivity index is 0.000000509. The number of hydrogen-bond donors (Lipinski definition) is 2. The molecule has 0 saturated carbocycles. The molecule has 184 valence electrons. The lowest BCUT2D eigenvalue weighted by Gasteiger charge is -2.05. The number of alkyl halides is 3. The summed E-state index contributed by atoms with van der Waals surface area (Å²) in [7, 11) is 0. The summed E-state index contributed by atoms with van der Waals surface area (Å²) >= 11 is 0. The molecule has 0 unspecified atom stereocenters. The Bertz CT molecular complexity index is 1210. The van der Waals surface area contributed by atoms with Crippen LogP contribution in [0.4, 0.5) is 22.0 Å². The number of carbonyl (C=O) groups is 1. The molecule has 9 nitrogen and oxygen atoms in total. The van der Waals surface area contributed by atoms with Gasteiger partial charge in [0, 0.05) is 30.4 Å². The Kier molecular flexibility index (Phi) is 8.83. The number of carboxylic acids is 1. The number of aromatic nitrogens is 5. The maximum absolute atomic E-state index is 12.7. The predicted molar refractivity (Wildman–Crippen MR) is 111 cm³/mol. The average Bonchev–Trinajstić information content (AvgIpc) is 3.39. The van der Waals surface area contributed by atoms with Gasteiger partial charge in [-0.1, -0.05) is 18.2 Å². The second kappa shape index (κ2) is 11.4. The highest BCUT2D eigenvalue weighted by molar-refractivity contribution is 5.73. The van der Waals surface area contributed by atoms with Crippen LogP contribution in [0.2, 0.25) is 0 Å². The van der Waals surface area contributed by atoms with Crippen LogP contribution in [-0.2, 0) is 24.4 Å². The van der Waals surface area contributed by atoms with Gasteiger partial charge in [0.05, 0.1) is 19.3 Å². The van der Waals surface area contributed by atoms with Crippen LogP contribution >= 0.6 is 0 Å². The molecule has 0 aliphatic heterocycles. The highest BCUT2D eigenvalue weighted by Gasteiger charge is 2.38. The first kappa shape index (κ1) is 26.4. The fourth-order valence-electron chi connectivity index (χ4n) is 2.70. The molecule has 34 heavy (non-hydrogen) atoms. The minimum Gasteiger partial charge on any atom is -0.475 e. The van der Waals surface area contributed by atoms with Gasteiger partial charge in [0.25, 0.3) is 6.08 Å². The van der Waals surface area contributed by atoms with Crippen LogP contribution < -0.4 is 11.4 Å². The molecular weight excluding hydrogens is 467 g/mol. The second-order valence-electron chi connectivity index (χ2n) is 6.86. The summed E-state index contributed by atoms with van der Waals surface area (Å²) in [6.45, 7) is 2.44. The first-order chi connectivity index (χ1) is 16.0. The van der Waals surface area contributed by atoms with Crippen molar-refractivity contribution in [1.29, 1.82) is 0 Å². The number of aryl methyl sites for hydroxylation is 1. The van der Waals surface area contributed by atoms with E-state index in [0.717, 1.165) is 27.9 Å². The minimum absolute atomic E-state index is 0.286. The van der Waals surface area contributed by atoms with E-state index >= 15 is 0 Å². The summed E-state index contributed by atoms with van der Waals surface area (Å²) in [5, 5.41) is 15.3. The molecule has 2 heterocycles. The first-order valence-electron chi connectivity index (χ1n) is 9.73. The number of halogens is 5. The Morgan fingerprint density at radius 3 is 2.38 bits per heavy atom. The third-order valence-electron chi connectivity index (χ3n) is 4.46. The molecular formula is C20H21F5N6O3. The van der Waals surface area contributed by atoms with Crippen LogP contribution in [0.5, 0.6) is 0 Å². The maximum Gasteiger partial charge on any atom is 0.490 e. The Morgan fingerprint density at radius 2 is 1.85 bits per heavy atom. The largest absolute Gasteiger partial charge is 0.490 e. The first-order valence-corrected chi connectivity index (χ1v) is 9.73. The molecule has 0 saturated heterocycles.